The molecule has 6 heterocycles. The van der Waals surface area contributed by atoms with Crippen molar-refractivity contribution in [3.63, 3.8) is 0 Å². The van der Waals surface area contributed by atoms with Crippen LogP contribution in [0.25, 0.3) is 17.2 Å². The van der Waals surface area contributed by atoms with Crippen LogP contribution < -0.4 is 20.7 Å². The summed E-state index contributed by atoms with van der Waals surface area (Å²) in [6.07, 6.45) is -4.33. The van der Waals surface area contributed by atoms with Gasteiger partial charge in [0.05, 0.1) is 35.2 Å². The van der Waals surface area contributed by atoms with Crippen LogP contribution in [0, 0.1) is 0 Å². The lowest BCUT2D eigenvalue weighted by Crippen LogP contribution is -2.51. The third kappa shape index (κ3) is 7.39. The Balaban J connectivity index is 1.10. The first-order chi connectivity index (χ1) is 27.3. The lowest BCUT2D eigenvalue weighted by molar-refractivity contribution is -0.137. The molecule has 5 aromatic rings. The van der Waals surface area contributed by atoms with Crippen LogP contribution in [0.5, 0.6) is 5.75 Å². The van der Waals surface area contributed by atoms with Gasteiger partial charge in [0.15, 0.2) is 22.3 Å². The van der Waals surface area contributed by atoms with Gasteiger partial charge < -0.3 is 39.3 Å². The second kappa shape index (κ2) is 15.3. The Morgan fingerprint density at radius 2 is 1.70 bits per heavy atom. The molecule has 0 saturated carbocycles. The molecule has 0 radical (unpaired) electrons. The third-order valence-corrected chi connectivity index (χ3v) is 11.7. The van der Waals surface area contributed by atoms with Gasteiger partial charge in [-0.25, -0.2) is 0 Å². The standard InChI is InChI=1S/C37H38ClF3N10O5S/c1-3-27-30(47-12-14-48(15-13-47)33(54)29-31(53)35(57-45-29)49-10-8-46(2)9-11-49)34(55)51-36(43-32(44-51)21-4-5-22-19-56-20-23(22)16-21)50(27)18-28(52)42-26-7-6-24(17-25(26)38)37(39,40)41/h4-7,16-17,53H,3,8-15,18-20H2,1-2H3,(H,42,52). The molecular formula is C37H38ClF3N10O5S. The summed E-state index contributed by atoms with van der Waals surface area (Å²) in [5, 5.41) is 18.5. The van der Waals surface area contributed by atoms with Gasteiger partial charge in [-0.1, -0.05) is 30.7 Å². The zero-order valence-corrected chi connectivity index (χ0v) is 32.5. The highest BCUT2D eigenvalue weighted by Crippen LogP contribution is 2.37. The van der Waals surface area contributed by atoms with Gasteiger partial charge in [-0.15, -0.1) is 5.10 Å². The van der Waals surface area contributed by atoms with Crippen LogP contribution in [-0.2, 0) is 41.9 Å². The molecule has 57 heavy (non-hydrogen) atoms. The molecule has 0 atom stereocenters. The number of halogens is 4. The molecule has 20 heteroatoms. The van der Waals surface area contributed by atoms with Crippen molar-refractivity contribution < 1.29 is 32.6 Å². The number of nitrogens with zero attached hydrogens (tertiary/aromatic N) is 9. The fourth-order valence-electron chi connectivity index (χ4n) is 7.41. The minimum absolute atomic E-state index is 0.00664. The molecule has 3 aromatic heterocycles. The molecule has 0 spiro atoms. The molecule has 2 saturated heterocycles. The summed E-state index contributed by atoms with van der Waals surface area (Å²) >= 11 is 7.26. The van der Waals surface area contributed by atoms with Gasteiger partial charge in [0.2, 0.25) is 11.7 Å². The number of likely N-dealkylation sites (N-methyl/N-ethyl adjacent to an activating group) is 1. The predicted molar refractivity (Wildman–Crippen MR) is 207 cm³/mol. The zero-order chi connectivity index (χ0) is 40.2. The second-order valence-electron chi connectivity index (χ2n) is 14.2. The Labute approximate surface area is 333 Å². The lowest BCUT2D eigenvalue weighted by Gasteiger charge is -2.36. The van der Waals surface area contributed by atoms with Gasteiger partial charge in [-0.3, -0.25) is 14.4 Å². The molecule has 300 valence electrons. The smallest absolute Gasteiger partial charge is 0.416 e. The number of ether oxygens (including phenoxy) is 1. The molecule has 2 amide bonds. The Morgan fingerprint density at radius 3 is 2.40 bits per heavy atom. The maximum absolute atomic E-state index is 14.4. The molecule has 2 aromatic carbocycles. The fraction of sp³-hybridized carbons (Fsp3) is 0.405. The molecule has 3 aliphatic heterocycles. The van der Waals surface area contributed by atoms with E-state index in [1.54, 1.807) is 9.47 Å². The van der Waals surface area contributed by atoms with Gasteiger partial charge in [0.1, 0.15) is 12.2 Å². The summed E-state index contributed by atoms with van der Waals surface area (Å²) in [6.45, 7) is 6.35. The predicted octanol–water partition coefficient (Wildman–Crippen LogP) is 4.34. The highest BCUT2D eigenvalue weighted by molar-refractivity contribution is 7.10. The van der Waals surface area contributed by atoms with Crippen LogP contribution >= 0.6 is 23.1 Å². The highest BCUT2D eigenvalue weighted by atomic mass is 35.5. The van der Waals surface area contributed by atoms with Gasteiger partial charge >= 0.3 is 6.18 Å². The summed E-state index contributed by atoms with van der Waals surface area (Å²) in [7, 11) is 2.03. The monoisotopic (exact) mass is 826 g/mol. The van der Waals surface area contributed by atoms with E-state index >= 15 is 0 Å². The van der Waals surface area contributed by atoms with E-state index in [2.05, 4.69) is 19.7 Å². The Kier molecular flexibility index (Phi) is 10.3. The highest BCUT2D eigenvalue weighted by Gasteiger charge is 2.34. The van der Waals surface area contributed by atoms with Gasteiger partial charge in [-0.2, -0.15) is 27.0 Å². The first-order valence-corrected chi connectivity index (χ1v) is 19.5. The number of alkyl halides is 3. The van der Waals surface area contributed by atoms with E-state index in [0.29, 0.717) is 42.6 Å². The van der Waals surface area contributed by atoms with Crippen LogP contribution in [0.15, 0.2) is 41.2 Å². The number of aromatic hydroxyl groups is 1. The van der Waals surface area contributed by atoms with E-state index in [1.807, 2.05) is 42.0 Å². The van der Waals surface area contributed by atoms with Crippen molar-refractivity contribution in [2.45, 2.75) is 39.3 Å². The number of anilines is 3. The molecule has 15 nitrogen and oxygen atoms in total. The van der Waals surface area contributed by atoms with Crippen molar-refractivity contribution in [2.24, 2.45) is 0 Å². The van der Waals surface area contributed by atoms with Crippen molar-refractivity contribution in [1.82, 2.24) is 33.3 Å². The average Bonchev–Trinajstić information content (AvgIpc) is 3.95. The van der Waals surface area contributed by atoms with E-state index in [0.717, 1.165) is 58.5 Å². The number of piperazine rings is 2. The number of amides is 2. The summed E-state index contributed by atoms with van der Waals surface area (Å²) in [6, 6.07) is 8.30. The number of carbonyl (C=O) groups excluding carboxylic acids is 2. The number of aromatic nitrogens is 5. The van der Waals surface area contributed by atoms with Crippen LogP contribution in [-0.4, -0.2) is 110 Å². The van der Waals surface area contributed by atoms with Gasteiger partial charge in [-0.05, 0) is 60.4 Å². The van der Waals surface area contributed by atoms with E-state index in [1.165, 1.54) is 0 Å². The van der Waals surface area contributed by atoms with Gasteiger partial charge in [0, 0.05) is 57.9 Å². The zero-order valence-electron chi connectivity index (χ0n) is 31.0. The molecule has 0 aliphatic carbocycles. The number of hydrogen-bond acceptors (Lipinski definition) is 12. The molecule has 8 rings (SSSR count). The normalized spacial score (nSPS) is 16.4. The lowest BCUT2D eigenvalue weighted by atomic mass is 10.1. The molecule has 2 fully saturated rings. The molecule has 2 N–H and O–H groups in total. The number of carbonyl (C=O) groups is 2. The van der Waals surface area contributed by atoms with Gasteiger partial charge in [0.25, 0.3) is 11.5 Å². The molecule has 0 unspecified atom stereocenters. The average molecular weight is 827 g/mol. The van der Waals surface area contributed by atoms with E-state index in [-0.39, 0.29) is 78.6 Å². The quantitative estimate of drug-likeness (QED) is 0.230. The number of rotatable bonds is 8. The first-order valence-electron chi connectivity index (χ1n) is 18.4. The largest absolute Gasteiger partial charge is 0.503 e. The molecule has 3 aliphatic rings. The third-order valence-electron chi connectivity index (χ3n) is 10.5. The summed E-state index contributed by atoms with van der Waals surface area (Å²) < 4.78 is 52.5. The summed E-state index contributed by atoms with van der Waals surface area (Å²) in [5.74, 6) is -0.837. The first kappa shape index (κ1) is 38.6. The van der Waals surface area contributed by atoms with Crippen molar-refractivity contribution in [3.05, 3.63) is 79.9 Å². The van der Waals surface area contributed by atoms with Crippen LogP contribution in [0.2, 0.25) is 5.02 Å². The van der Waals surface area contributed by atoms with E-state index in [9.17, 15) is 32.7 Å². The molecular weight excluding hydrogens is 789 g/mol. The van der Waals surface area contributed by atoms with Crippen LogP contribution in [0.4, 0.5) is 29.5 Å². The Hall–Kier alpha value is -5.24. The second-order valence-corrected chi connectivity index (χ2v) is 15.3. The fourth-order valence-corrected chi connectivity index (χ4v) is 8.46. The SMILES string of the molecule is CCc1c(N2CCN(C(=O)c3nsc(N4CCN(C)CC4)c3O)CC2)c(=O)n2nc(-c3ccc4c(c3)COC4)nc2n1CC(=O)Nc1ccc(C(F)(F)F)cc1Cl. The summed E-state index contributed by atoms with van der Waals surface area (Å²) in [4.78, 5) is 54.1. The number of benzene rings is 2. The van der Waals surface area contributed by atoms with Crippen molar-refractivity contribution >= 4 is 57.1 Å². The number of nitrogens with one attached hydrogen (secondary N) is 1. The van der Waals surface area contributed by atoms with Crippen molar-refractivity contribution in [1.29, 1.82) is 0 Å². The minimum atomic E-state index is -4.62. The maximum Gasteiger partial charge on any atom is 0.416 e. The number of hydrogen-bond donors (Lipinski definition) is 2. The summed E-state index contributed by atoms with van der Waals surface area (Å²) in [5.41, 5.74) is 1.93. The van der Waals surface area contributed by atoms with E-state index < -0.39 is 29.1 Å². The molecule has 0 bridgehead atoms. The number of fused-ring (bicyclic) bond motifs is 2. The van der Waals surface area contributed by atoms with Crippen LogP contribution in [0.3, 0.4) is 0 Å². The van der Waals surface area contributed by atoms with Crippen molar-refractivity contribution in [3.8, 4) is 17.1 Å². The Bertz CT molecular complexity index is 2440. The van der Waals surface area contributed by atoms with Crippen molar-refractivity contribution in [2.75, 3.05) is 74.5 Å². The minimum Gasteiger partial charge on any atom is -0.503 e. The maximum atomic E-state index is 14.4. The van der Waals surface area contributed by atoms with Crippen LogP contribution in [0.1, 0.15) is 39.8 Å². The Morgan fingerprint density at radius 1 is 0.982 bits per heavy atom. The topological polar surface area (TPSA) is 154 Å². The van der Waals surface area contributed by atoms with E-state index in [4.69, 9.17) is 21.3 Å².